The molecule has 2 amide bonds. The molecule has 0 radical (unpaired) electrons. The molecule has 38 heavy (non-hydrogen) atoms. The Labute approximate surface area is 217 Å². The Morgan fingerprint density at radius 1 is 1.13 bits per heavy atom. The molecule has 0 spiro atoms. The fraction of sp³-hybridized carbons (Fsp3) is 0.500. The van der Waals surface area contributed by atoms with Gasteiger partial charge >= 0.3 is 6.18 Å². The minimum absolute atomic E-state index is 0.0201. The summed E-state index contributed by atoms with van der Waals surface area (Å²) in [4.78, 5) is 31.3. The molecule has 2 N–H and O–H groups in total. The maximum Gasteiger partial charge on any atom is 0.405 e. The van der Waals surface area contributed by atoms with Crippen LogP contribution in [-0.4, -0.2) is 53.7 Å². The number of nitrogens with zero attached hydrogens (tertiary/aromatic N) is 2. The lowest BCUT2D eigenvalue weighted by Gasteiger charge is -2.41. The number of ether oxygens (including phenoxy) is 1. The van der Waals surface area contributed by atoms with Crippen molar-refractivity contribution in [2.45, 2.75) is 70.3 Å². The number of alkyl halides is 3. The third-order valence-electron chi connectivity index (χ3n) is 6.24. The normalized spacial score (nSPS) is 18.2. The molecule has 208 valence electrons. The summed E-state index contributed by atoms with van der Waals surface area (Å²) < 4.78 is 69.5. The topological polar surface area (TPSA) is 83.6 Å². The van der Waals surface area contributed by atoms with Crippen LogP contribution in [0.1, 0.15) is 56.8 Å². The van der Waals surface area contributed by atoms with Gasteiger partial charge in [0.15, 0.2) is 17.2 Å². The number of hydrogen-bond acceptors (Lipinski definition) is 5. The van der Waals surface area contributed by atoms with Crippen LogP contribution in [0.25, 0.3) is 0 Å². The van der Waals surface area contributed by atoms with Crippen LogP contribution < -0.4 is 20.3 Å². The summed E-state index contributed by atoms with van der Waals surface area (Å²) >= 11 is 0. The van der Waals surface area contributed by atoms with Gasteiger partial charge in [0.1, 0.15) is 18.1 Å². The molecule has 1 saturated heterocycles. The maximum absolute atomic E-state index is 13.5. The van der Waals surface area contributed by atoms with E-state index in [0.717, 1.165) is 25.0 Å². The van der Waals surface area contributed by atoms with Crippen molar-refractivity contribution in [3.63, 3.8) is 0 Å². The highest BCUT2D eigenvalue weighted by Crippen LogP contribution is 2.28. The number of pyridine rings is 1. The van der Waals surface area contributed by atoms with Crippen molar-refractivity contribution in [2.75, 3.05) is 18.0 Å². The summed E-state index contributed by atoms with van der Waals surface area (Å²) in [7, 11) is 0. The molecule has 2 atom stereocenters. The fourth-order valence-corrected chi connectivity index (χ4v) is 4.30. The number of nitrogens with one attached hydrogen (secondary N) is 2. The number of halogens is 5. The zero-order valence-electron chi connectivity index (χ0n) is 21.4. The second kappa shape index (κ2) is 12.0. The van der Waals surface area contributed by atoms with Gasteiger partial charge in [-0.05, 0) is 57.4 Å². The van der Waals surface area contributed by atoms with Crippen LogP contribution >= 0.6 is 0 Å². The second-order valence-corrected chi connectivity index (χ2v) is 9.72. The van der Waals surface area contributed by atoms with Gasteiger partial charge in [0, 0.05) is 30.9 Å². The van der Waals surface area contributed by atoms with E-state index in [-0.39, 0.29) is 23.4 Å². The summed E-state index contributed by atoms with van der Waals surface area (Å²) in [5, 5.41) is 4.81. The molecule has 0 saturated carbocycles. The van der Waals surface area contributed by atoms with Crippen LogP contribution in [0.3, 0.4) is 0 Å². The van der Waals surface area contributed by atoms with Gasteiger partial charge in [-0.25, -0.2) is 13.8 Å². The van der Waals surface area contributed by atoms with Gasteiger partial charge in [-0.2, -0.15) is 13.2 Å². The summed E-state index contributed by atoms with van der Waals surface area (Å²) in [6.45, 7) is 4.23. The third kappa shape index (κ3) is 7.78. The summed E-state index contributed by atoms with van der Waals surface area (Å²) in [6.07, 6.45) is -0.396. The summed E-state index contributed by atoms with van der Waals surface area (Å²) in [6, 6.07) is 5.95. The zero-order chi connectivity index (χ0) is 28.1. The van der Waals surface area contributed by atoms with Gasteiger partial charge in [0.25, 0.3) is 11.8 Å². The molecule has 1 aliphatic rings. The average molecular weight is 543 g/mol. The SMILES string of the molecule is CCCC1CC(NC(=O)C(C)(C)Oc2ccc(F)c(F)c2)CCN1c1ccc(C(=O)NCC(F)(F)F)cn1. The second-order valence-electron chi connectivity index (χ2n) is 9.72. The Balaban J connectivity index is 1.62. The van der Waals surface area contributed by atoms with E-state index >= 15 is 0 Å². The smallest absolute Gasteiger partial charge is 0.405 e. The third-order valence-corrected chi connectivity index (χ3v) is 6.24. The van der Waals surface area contributed by atoms with E-state index in [0.29, 0.717) is 25.2 Å². The minimum atomic E-state index is -4.50. The van der Waals surface area contributed by atoms with Crippen LogP contribution in [0.2, 0.25) is 0 Å². The van der Waals surface area contributed by atoms with E-state index < -0.39 is 41.8 Å². The summed E-state index contributed by atoms with van der Waals surface area (Å²) in [5.74, 6) is -2.73. The average Bonchev–Trinajstić information content (AvgIpc) is 2.85. The quantitative estimate of drug-likeness (QED) is 0.447. The first-order chi connectivity index (χ1) is 17.8. The molecule has 0 aliphatic carbocycles. The highest BCUT2D eigenvalue weighted by molar-refractivity contribution is 5.94. The van der Waals surface area contributed by atoms with Gasteiger partial charge in [-0.3, -0.25) is 9.59 Å². The van der Waals surface area contributed by atoms with Crippen molar-refractivity contribution in [2.24, 2.45) is 0 Å². The molecule has 2 heterocycles. The van der Waals surface area contributed by atoms with Crippen molar-refractivity contribution < 1.29 is 36.3 Å². The molecule has 2 unspecified atom stereocenters. The Bertz CT molecular complexity index is 1120. The number of carbonyl (C=O) groups excluding carboxylic acids is 2. The minimum Gasteiger partial charge on any atom is -0.478 e. The summed E-state index contributed by atoms with van der Waals surface area (Å²) in [5.41, 5.74) is -1.32. The van der Waals surface area contributed by atoms with Crippen LogP contribution in [0.5, 0.6) is 5.75 Å². The number of benzene rings is 1. The first-order valence-electron chi connectivity index (χ1n) is 12.3. The Morgan fingerprint density at radius 3 is 2.47 bits per heavy atom. The first kappa shape index (κ1) is 29.1. The number of amides is 2. The predicted molar refractivity (Wildman–Crippen MR) is 131 cm³/mol. The number of piperidine rings is 1. The van der Waals surface area contributed by atoms with E-state index in [1.165, 1.54) is 18.3 Å². The number of carbonyl (C=O) groups is 2. The van der Waals surface area contributed by atoms with E-state index in [1.54, 1.807) is 19.9 Å². The Morgan fingerprint density at radius 2 is 1.87 bits per heavy atom. The van der Waals surface area contributed by atoms with Crippen LogP contribution in [0, 0.1) is 11.6 Å². The van der Waals surface area contributed by atoms with E-state index in [1.807, 2.05) is 12.2 Å². The standard InChI is InChI=1S/C26H31F5N4O3/c1-4-5-18-12-17(34-24(37)25(2,3)38-19-7-8-20(27)21(28)13-19)10-11-35(18)22-9-6-16(14-32-22)23(36)33-15-26(29,30)31/h6-9,13-14,17-18H,4-5,10-12,15H2,1-3H3,(H,33,36)(H,34,37). The maximum atomic E-state index is 13.5. The van der Waals surface area contributed by atoms with Gasteiger partial charge < -0.3 is 20.3 Å². The van der Waals surface area contributed by atoms with E-state index in [9.17, 15) is 31.5 Å². The van der Waals surface area contributed by atoms with Crippen molar-refractivity contribution in [3.05, 3.63) is 53.7 Å². The van der Waals surface area contributed by atoms with E-state index in [4.69, 9.17) is 4.74 Å². The lowest BCUT2D eigenvalue weighted by atomic mass is 9.93. The van der Waals surface area contributed by atoms with E-state index in [2.05, 4.69) is 15.2 Å². The van der Waals surface area contributed by atoms with Gasteiger partial charge in [-0.1, -0.05) is 13.3 Å². The molecule has 1 aromatic heterocycles. The van der Waals surface area contributed by atoms with Gasteiger partial charge in [0.2, 0.25) is 0 Å². The molecule has 1 aromatic carbocycles. The lowest BCUT2D eigenvalue weighted by Crippen LogP contribution is -2.55. The molecule has 0 bridgehead atoms. The number of aromatic nitrogens is 1. The van der Waals surface area contributed by atoms with Crippen LogP contribution in [0.15, 0.2) is 36.5 Å². The largest absolute Gasteiger partial charge is 0.478 e. The van der Waals surface area contributed by atoms with Crippen LogP contribution in [-0.2, 0) is 4.79 Å². The van der Waals surface area contributed by atoms with Gasteiger partial charge in [0.05, 0.1) is 5.56 Å². The first-order valence-corrected chi connectivity index (χ1v) is 12.3. The van der Waals surface area contributed by atoms with Crippen molar-refractivity contribution in [1.82, 2.24) is 15.6 Å². The van der Waals surface area contributed by atoms with Crippen LogP contribution in [0.4, 0.5) is 27.8 Å². The monoisotopic (exact) mass is 542 g/mol. The Kier molecular flexibility index (Phi) is 9.16. The molecule has 1 aliphatic heterocycles. The molecule has 2 aromatic rings. The van der Waals surface area contributed by atoms with Gasteiger partial charge in [-0.15, -0.1) is 0 Å². The molecular formula is C26H31F5N4O3. The van der Waals surface area contributed by atoms with Crippen molar-refractivity contribution >= 4 is 17.6 Å². The van der Waals surface area contributed by atoms with Crippen molar-refractivity contribution in [3.8, 4) is 5.75 Å². The molecule has 3 rings (SSSR count). The predicted octanol–water partition coefficient (Wildman–Crippen LogP) is 4.76. The Hall–Kier alpha value is -3.44. The molecule has 1 fully saturated rings. The number of rotatable bonds is 9. The lowest BCUT2D eigenvalue weighted by molar-refractivity contribution is -0.135. The highest BCUT2D eigenvalue weighted by Gasteiger charge is 2.35. The number of anilines is 1. The zero-order valence-corrected chi connectivity index (χ0v) is 21.4. The molecular weight excluding hydrogens is 511 g/mol. The fourth-order valence-electron chi connectivity index (χ4n) is 4.30. The number of hydrogen-bond donors (Lipinski definition) is 2. The highest BCUT2D eigenvalue weighted by atomic mass is 19.4. The van der Waals surface area contributed by atoms with Crippen molar-refractivity contribution in [1.29, 1.82) is 0 Å². The molecule has 7 nitrogen and oxygen atoms in total. The molecule has 12 heteroatoms.